The Balaban J connectivity index is 3.50. The van der Waals surface area contributed by atoms with Crippen LogP contribution in [0.25, 0.3) is 0 Å². The maximum Gasteiger partial charge on any atom is 0.246 e. The summed E-state index contributed by atoms with van der Waals surface area (Å²) in [7, 11) is 0. The van der Waals surface area contributed by atoms with E-state index >= 15 is 0 Å². The molecule has 4 nitrogen and oxygen atoms in total. The minimum absolute atomic E-state index is 0.0514. The van der Waals surface area contributed by atoms with Crippen molar-refractivity contribution >= 4 is 11.8 Å². The molecule has 0 heterocycles. The zero-order valence-electron chi connectivity index (χ0n) is 8.14. The summed E-state index contributed by atoms with van der Waals surface area (Å²) in [5, 5.41) is 5.21. The molecule has 2 N–H and O–H groups in total. The van der Waals surface area contributed by atoms with Gasteiger partial charge in [-0.25, -0.2) is 0 Å². The van der Waals surface area contributed by atoms with E-state index in [-0.39, 0.29) is 11.8 Å². The molecule has 2 amide bonds. The van der Waals surface area contributed by atoms with Gasteiger partial charge in [-0.15, -0.1) is 0 Å². The van der Waals surface area contributed by atoms with Gasteiger partial charge in [-0.1, -0.05) is 6.58 Å². The molecule has 0 aromatic carbocycles. The Hall–Kier alpha value is -1.32. The molecule has 0 atom stereocenters. The van der Waals surface area contributed by atoms with E-state index in [0.29, 0.717) is 25.1 Å². The van der Waals surface area contributed by atoms with Crippen LogP contribution >= 0.6 is 0 Å². The van der Waals surface area contributed by atoms with Gasteiger partial charge < -0.3 is 10.6 Å². The maximum absolute atomic E-state index is 10.9. The highest BCUT2D eigenvalue weighted by Crippen LogP contribution is 1.85. The first-order chi connectivity index (χ1) is 6.07. The number of rotatable bonds is 5. The first-order valence-corrected chi connectivity index (χ1v) is 4.28. The minimum atomic E-state index is -0.204. The van der Waals surface area contributed by atoms with Gasteiger partial charge in [0.1, 0.15) is 0 Å². The molecule has 4 heteroatoms. The van der Waals surface area contributed by atoms with Crippen LogP contribution in [0.15, 0.2) is 12.2 Å². The average Bonchev–Trinajstić information content (AvgIpc) is 2.04. The maximum atomic E-state index is 10.9. The van der Waals surface area contributed by atoms with Crippen LogP contribution in [0.5, 0.6) is 0 Å². The average molecular weight is 184 g/mol. The highest BCUT2D eigenvalue weighted by molar-refractivity contribution is 5.92. The van der Waals surface area contributed by atoms with Crippen molar-refractivity contribution in [3.05, 3.63) is 12.2 Å². The SMILES string of the molecule is C=C(C)C(=O)NCCC(=O)NCC. The van der Waals surface area contributed by atoms with Crippen molar-refractivity contribution in [1.82, 2.24) is 10.6 Å². The number of amides is 2. The zero-order chi connectivity index (χ0) is 10.3. The van der Waals surface area contributed by atoms with Crippen LogP contribution in [-0.2, 0) is 9.59 Å². The van der Waals surface area contributed by atoms with Crippen LogP contribution in [-0.4, -0.2) is 24.9 Å². The van der Waals surface area contributed by atoms with Gasteiger partial charge in [0.05, 0.1) is 0 Å². The van der Waals surface area contributed by atoms with Gasteiger partial charge in [0.2, 0.25) is 11.8 Å². The van der Waals surface area contributed by atoms with E-state index in [2.05, 4.69) is 17.2 Å². The third kappa shape index (κ3) is 5.90. The highest BCUT2D eigenvalue weighted by atomic mass is 16.2. The second kappa shape index (κ2) is 6.22. The summed E-state index contributed by atoms with van der Waals surface area (Å²) < 4.78 is 0. The lowest BCUT2D eigenvalue weighted by atomic mass is 10.3. The Morgan fingerprint density at radius 1 is 1.31 bits per heavy atom. The van der Waals surface area contributed by atoms with E-state index in [4.69, 9.17) is 0 Å². The highest BCUT2D eigenvalue weighted by Gasteiger charge is 2.02. The predicted molar refractivity (Wildman–Crippen MR) is 51.1 cm³/mol. The normalized spacial score (nSPS) is 9.08. The van der Waals surface area contributed by atoms with Crippen LogP contribution in [0.2, 0.25) is 0 Å². The van der Waals surface area contributed by atoms with E-state index < -0.39 is 0 Å². The summed E-state index contributed by atoms with van der Waals surface area (Å²) in [5.74, 6) is -0.256. The molecule has 0 saturated heterocycles. The largest absolute Gasteiger partial charge is 0.356 e. The zero-order valence-corrected chi connectivity index (χ0v) is 8.14. The van der Waals surface area contributed by atoms with Gasteiger partial charge in [-0.05, 0) is 13.8 Å². The number of hydrogen-bond donors (Lipinski definition) is 2. The third-order valence-electron chi connectivity index (χ3n) is 1.40. The number of nitrogens with one attached hydrogen (secondary N) is 2. The van der Waals surface area contributed by atoms with E-state index in [1.165, 1.54) is 0 Å². The van der Waals surface area contributed by atoms with Crippen molar-refractivity contribution in [2.24, 2.45) is 0 Å². The quantitative estimate of drug-likeness (QED) is 0.600. The van der Waals surface area contributed by atoms with Crippen molar-refractivity contribution in [3.63, 3.8) is 0 Å². The van der Waals surface area contributed by atoms with Crippen LogP contribution in [0.3, 0.4) is 0 Å². The third-order valence-corrected chi connectivity index (χ3v) is 1.40. The molecule has 0 aromatic rings. The van der Waals surface area contributed by atoms with Crippen molar-refractivity contribution in [1.29, 1.82) is 0 Å². The van der Waals surface area contributed by atoms with Gasteiger partial charge in [-0.2, -0.15) is 0 Å². The molecule has 0 aliphatic heterocycles. The Morgan fingerprint density at radius 3 is 2.38 bits per heavy atom. The molecule has 0 unspecified atom stereocenters. The molecule has 0 radical (unpaired) electrons. The van der Waals surface area contributed by atoms with Crippen LogP contribution in [0, 0.1) is 0 Å². The van der Waals surface area contributed by atoms with Gasteiger partial charge in [0.15, 0.2) is 0 Å². The number of carbonyl (C=O) groups excluding carboxylic acids is 2. The Labute approximate surface area is 78.4 Å². The first kappa shape index (κ1) is 11.7. The van der Waals surface area contributed by atoms with Crippen molar-refractivity contribution in [2.75, 3.05) is 13.1 Å². The molecular weight excluding hydrogens is 168 g/mol. The smallest absolute Gasteiger partial charge is 0.246 e. The molecular formula is C9H16N2O2. The molecule has 0 rings (SSSR count). The lowest BCUT2D eigenvalue weighted by molar-refractivity contribution is -0.121. The summed E-state index contributed by atoms with van der Waals surface area (Å²) in [6.45, 7) is 7.93. The summed E-state index contributed by atoms with van der Waals surface area (Å²) in [5.41, 5.74) is 0.455. The Kier molecular flexibility index (Phi) is 5.59. The fraction of sp³-hybridized carbons (Fsp3) is 0.556. The van der Waals surface area contributed by atoms with E-state index in [9.17, 15) is 9.59 Å². The van der Waals surface area contributed by atoms with Gasteiger partial charge in [0.25, 0.3) is 0 Å². The van der Waals surface area contributed by atoms with E-state index in [1.54, 1.807) is 6.92 Å². The molecule has 0 aliphatic carbocycles. The monoisotopic (exact) mass is 184 g/mol. The fourth-order valence-electron chi connectivity index (χ4n) is 0.726. The Morgan fingerprint density at radius 2 is 1.92 bits per heavy atom. The van der Waals surface area contributed by atoms with Crippen molar-refractivity contribution in [2.45, 2.75) is 20.3 Å². The summed E-state index contributed by atoms with van der Waals surface area (Å²) >= 11 is 0. The predicted octanol–water partition coefficient (Wildman–Crippen LogP) is 0.205. The first-order valence-electron chi connectivity index (χ1n) is 4.28. The van der Waals surface area contributed by atoms with E-state index in [1.807, 2.05) is 6.92 Å². The number of carbonyl (C=O) groups is 2. The molecule has 0 saturated carbocycles. The number of hydrogen-bond acceptors (Lipinski definition) is 2. The molecule has 0 fully saturated rings. The molecule has 0 aliphatic rings. The second-order valence-corrected chi connectivity index (χ2v) is 2.74. The van der Waals surface area contributed by atoms with Crippen molar-refractivity contribution < 1.29 is 9.59 Å². The second-order valence-electron chi connectivity index (χ2n) is 2.74. The molecule has 0 bridgehead atoms. The molecule has 0 aromatic heterocycles. The van der Waals surface area contributed by atoms with Gasteiger partial charge in [-0.3, -0.25) is 9.59 Å². The summed E-state index contributed by atoms with van der Waals surface area (Å²) in [4.78, 5) is 21.8. The lowest BCUT2D eigenvalue weighted by Crippen LogP contribution is -2.30. The topological polar surface area (TPSA) is 58.2 Å². The van der Waals surface area contributed by atoms with Crippen LogP contribution < -0.4 is 10.6 Å². The van der Waals surface area contributed by atoms with E-state index in [0.717, 1.165) is 0 Å². The Bertz CT molecular complexity index is 212. The fourth-order valence-corrected chi connectivity index (χ4v) is 0.726. The van der Waals surface area contributed by atoms with Gasteiger partial charge in [0, 0.05) is 25.1 Å². The summed E-state index contributed by atoms with van der Waals surface area (Å²) in [6, 6.07) is 0. The van der Waals surface area contributed by atoms with Gasteiger partial charge >= 0.3 is 0 Å². The van der Waals surface area contributed by atoms with Crippen LogP contribution in [0.4, 0.5) is 0 Å². The molecule has 74 valence electrons. The van der Waals surface area contributed by atoms with Crippen molar-refractivity contribution in [3.8, 4) is 0 Å². The van der Waals surface area contributed by atoms with Crippen LogP contribution in [0.1, 0.15) is 20.3 Å². The molecule has 13 heavy (non-hydrogen) atoms. The molecule has 0 spiro atoms. The standard InChI is InChI=1S/C9H16N2O2/c1-4-10-8(12)5-6-11-9(13)7(2)3/h2,4-6H2,1,3H3,(H,10,12)(H,11,13). The minimum Gasteiger partial charge on any atom is -0.356 e. The summed E-state index contributed by atoms with van der Waals surface area (Å²) in [6.07, 6.45) is 0.312. The lowest BCUT2D eigenvalue weighted by Gasteiger charge is -2.04.